The molecule has 2 aromatic heterocycles. The number of cyclic esters (lactones) is 2. The van der Waals surface area contributed by atoms with E-state index in [1.165, 1.54) is 7.11 Å². The van der Waals surface area contributed by atoms with Gasteiger partial charge in [-0.15, -0.1) is 10.2 Å². The van der Waals surface area contributed by atoms with Crippen LogP contribution < -0.4 is 9.47 Å². The van der Waals surface area contributed by atoms with Crippen molar-refractivity contribution in [2.24, 2.45) is 25.9 Å². The predicted molar refractivity (Wildman–Crippen MR) is 278 cm³/mol. The van der Waals surface area contributed by atoms with Gasteiger partial charge in [0.1, 0.15) is 34.3 Å². The Kier molecular flexibility index (Phi) is 18.1. The third kappa shape index (κ3) is 13.0. The summed E-state index contributed by atoms with van der Waals surface area (Å²) in [6, 6.07) is 34.8. The second-order valence-corrected chi connectivity index (χ2v) is 18.5. The zero-order valence-corrected chi connectivity index (χ0v) is 43.0. The molecule has 4 aromatic carbocycles. The van der Waals surface area contributed by atoms with Gasteiger partial charge >= 0.3 is 24.1 Å². The molecule has 6 atom stereocenters. The van der Waals surface area contributed by atoms with Crippen LogP contribution in [0, 0.1) is 11.8 Å². The summed E-state index contributed by atoms with van der Waals surface area (Å²) in [5, 5.41) is 26.4. The fourth-order valence-electron chi connectivity index (χ4n) is 9.91. The fourth-order valence-corrected chi connectivity index (χ4v) is 9.91. The van der Waals surface area contributed by atoms with E-state index in [-0.39, 0.29) is 69.2 Å². The molecule has 2 unspecified atom stereocenters. The molecule has 73 heavy (non-hydrogen) atoms. The van der Waals surface area contributed by atoms with Crippen molar-refractivity contribution in [3.8, 4) is 34.0 Å². The van der Waals surface area contributed by atoms with Crippen molar-refractivity contribution in [1.82, 2.24) is 39.8 Å². The van der Waals surface area contributed by atoms with E-state index >= 15 is 0 Å². The second kappa shape index (κ2) is 24.6. The lowest BCUT2D eigenvalue weighted by molar-refractivity contribution is -0.147. The topological polar surface area (TPSA) is 203 Å². The van der Waals surface area contributed by atoms with Gasteiger partial charge in [-0.2, -0.15) is 27.0 Å². The van der Waals surface area contributed by atoms with Crippen molar-refractivity contribution in [3.63, 3.8) is 0 Å². The SMILES string of the molecule is COC(=O)[C@H]1CCC[C@H](Oc2ccc(-c3nnn(C)c3C3CN(Cc4ccccc4)C(=O)O3)cc2)C1.Cn1nnc(-c2ccc(O[C@H]3CCC[C@H](C(=O)O)C3)cc2)c1C1CN(Cc2ccccc2)C(=O)O1.S.S. The number of aromatic nitrogens is 6. The summed E-state index contributed by atoms with van der Waals surface area (Å²) in [7, 11) is 5.02. The number of hydrogen-bond acceptors (Lipinski definition) is 13. The van der Waals surface area contributed by atoms with E-state index in [1.54, 1.807) is 33.3 Å². The van der Waals surface area contributed by atoms with E-state index in [9.17, 15) is 24.3 Å². The van der Waals surface area contributed by atoms with Crippen molar-refractivity contribution in [1.29, 1.82) is 0 Å². The third-order valence-corrected chi connectivity index (χ3v) is 13.6. The summed E-state index contributed by atoms with van der Waals surface area (Å²) in [6.07, 6.45) is 4.52. The van der Waals surface area contributed by atoms with Gasteiger partial charge in [0.15, 0.2) is 12.2 Å². The summed E-state index contributed by atoms with van der Waals surface area (Å²) in [5.74, 6) is 0.0663. The Morgan fingerprint density at radius 1 is 0.603 bits per heavy atom. The van der Waals surface area contributed by atoms with Gasteiger partial charge in [0.2, 0.25) is 0 Å². The number of carboxylic acids is 1. The zero-order chi connectivity index (χ0) is 49.4. The molecule has 6 aromatic rings. The van der Waals surface area contributed by atoms with Gasteiger partial charge in [-0.05, 0) is 111 Å². The van der Waals surface area contributed by atoms with E-state index in [2.05, 4.69) is 20.6 Å². The number of aryl methyl sites for hydroxylation is 2. The van der Waals surface area contributed by atoms with Crippen LogP contribution in [-0.2, 0) is 51.0 Å². The van der Waals surface area contributed by atoms with Crippen LogP contribution in [0.3, 0.4) is 0 Å². The largest absolute Gasteiger partial charge is 0.490 e. The van der Waals surface area contributed by atoms with Crippen molar-refractivity contribution in [2.45, 2.75) is 88.9 Å². The lowest BCUT2D eigenvalue weighted by atomic mass is 9.87. The van der Waals surface area contributed by atoms with Crippen LogP contribution in [0.25, 0.3) is 22.5 Å². The van der Waals surface area contributed by atoms with E-state index in [1.807, 2.05) is 109 Å². The number of esters is 1. The van der Waals surface area contributed by atoms with Gasteiger partial charge in [0, 0.05) is 38.3 Å². The summed E-state index contributed by atoms with van der Waals surface area (Å²) >= 11 is 0. The van der Waals surface area contributed by atoms with Crippen molar-refractivity contribution in [2.75, 3.05) is 20.2 Å². The van der Waals surface area contributed by atoms with Crippen molar-refractivity contribution >= 4 is 51.1 Å². The second-order valence-electron chi connectivity index (χ2n) is 18.5. The average Bonchev–Trinajstić information content (AvgIpc) is 4.17. The molecule has 0 bridgehead atoms. The van der Waals surface area contributed by atoms with E-state index < -0.39 is 18.2 Å². The number of carbonyl (C=O) groups excluding carboxylic acids is 3. The molecule has 4 heterocycles. The normalized spacial score (nSPS) is 21.4. The average molecular weight is 1040 g/mol. The Hall–Kier alpha value is -7.06. The molecule has 2 amide bonds. The number of amides is 2. The highest BCUT2D eigenvalue weighted by atomic mass is 32.1. The van der Waals surface area contributed by atoms with Crippen LogP contribution in [0.15, 0.2) is 109 Å². The van der Waals surface area contributed by atoms with Crippen LogP contribution in [0.2, 0.25) is 0 Å². The van der Waals surface area contributed by atoms with Crippen LogP contribution >= 0.6 is 27.0 Å². The van der Waals surface area contributed by atoms with Crippen LogP contribution in [0.4, 0.5) is 9.59 Å². The number of rotatable bonds is 14. The fraction of sp³-hybridized carbons (Fsp3) is 0.396. The lowest BCUT2D eigenvalue weighted by Crippen LogP contribution is -2.30. The van der Waals surface area contributed by atoms with Crippen LogP contribution in [-0.4, -0.2) is 101 Å². The molecule has 0 spiro atoms. The summed E-state index contributed by atoms with van der Waals surface area (Å²) in [6.45, 7) is 1.80. The molecule has 2 saturated heterocycles. The third-order valence-electron chi connectivity index (χ3n) is 13.6. The maximum absolute atomic E-state index is 12.6. The number of methoxy groups -OCH3 is 1. The first-order chi connectivity index (χ1) is 34.5. The van der Waals surface area contributed by atoms with Gasteiger partial charge in [-0.3, -0.25) is 19.4 Å². The number of carboxylic acid groups (broad SMARTS) is 1. The predicted octanol–water partition coefficient (Wildman–Crippen LogP) is 8.71. The highest BCUT2D eigenvalue weighted by molar-refractivity contribution is 7.59. The maximum atomic E-state index is 12.6. The molecule has 2 saturated carbocycles. The first-order valence-electron chi connectivity index (χ1n) is 24.1. The van der Waals surface area contributed by atoms with Gasteiger partial charge in [-0.1, -0.05) is 71.1 Å². The highest BCUT2D eigenvalue weighted by Crippen LogP contribution is 2.37. The number of aliphatic carboxylic acids is 1. The van der Waals surface area contributed by atoms with Gasteiger partial charge in [0.25, 0.3) is 0 Å². The Morgan fingerprint density at radius 2 is 1.01 bits per heavy atom. The molecule has 386 valence electrons. The van der Waals surface area contributed by atoms with E-state index in [4.69, 9.17) is 23.7 Å². The first-order valence-corrected chi connectivity index (χ1v) is 24.1. The monoisotopic (exact) mass is 1030 g/mol. The molecule has 10 rings (SSSR count). The minimum Gasteiger partial charge on any atom is -0.490 e. The molecule has 1 N–H and O–H groups in total. The standard InChI is InChI=1S/C27H30N4O5.C26H28N4O5.2H2S/c1-30-25(23-17-31(27(33)36-23)16-18-7-4-3-5-8-18)24(28-29-30)19-11-13-21(14-12-19)35-22-10-6-9-20(15-22)26(32)34-2;1-29-24(22-16-30(26(33)35-22)15-17-6-3-2-4-7-17)23(27-28-29)18-10-12-20(13-11-18)34-21-9-5-8-19(14-21)25(31)32;;/h3-5,7-8,11-14,20,22-23H,6,9-10,15-17H2,1-2H3;2-4,6-7,10-13,19,21-22H,5,8-9,14-16H2,1H3,(H,31,32);2*1H2/t20-,22-,23?;19-,21-,22?;;/m00../s1. The van der Waals surface area contributed by atoms with Crippen molar-refractivity contribution in [3.05, 3.63) is 132 Å². The number of hydrogen-bond donors (Lipinski definition) is 1. The van der Waals surface area contributed by atoms with E-state index in [0.717, 1.165) is 71.5 Å². The molecule has 0 radical (unpaired) electrons. The van der Waals surface area contributed by atoms with E-state index in [0.29, 0.717) is 62.6 Å². The Balaban J connectivity index is 0.000000208. The van der Waals surface area contributed by atoms with Gasteiger partial charge in [-0.25, -0.2) is 19.0 Å². The number of benzene rings is 4. The zero-order valence-electron chi connectivity index (χ0n) is 41.0. The lowest BCUT2D eigenvalue weighted by Gasteiger charge is -2.28. The molecule has 18 nitrogen and oxygen atoms in total. The first kappa shape index (κ1) is 53.7. The molecular formula is C53H62N8O10S2. The molecule has 2 aliphatic carbocycles. The van der Waals surface area contributed by atoms with Gasteiger partial charge < -0.3 is 28.8 Å². The number of nitrogens with zero attached hydrogens (tertiary/aromatic N) is 8. The number of ether oxygens (including phenoxy) is 5. The molecule has 4 fully saturated rings. The Labute approximate surface area is 437 Å². The van der Waals surface area contributed by atoms with Crippen molar-refractivity contribution < 1.29 is 48.0 Å². The Bertz CT molecular complexity index is 2800. The molecule has 2 aliphatic heterocycles. The molecule has 4 aliphatic rings. The van der Waals surface area contributed by atoms with Gasteiger partial charge in [0.05, 0.1) is 44.2 Å². The highest BCUT2D eigenvalue weighted by Gasteiger charge is 2.38. The smallest absolute Gasteiger partial charge is 0.410 e. The van der Waals surface area contributed by atoms with Crippen LogP contribution in [0.1, 0.15) is 86.1 Å². The minimum atomic E-state index is -0.751. The maximum Gasteiger partial charge on any atom is 0.410 e. The van der Waals surface area contributed by atoms with Crippen LogP contribution in [0.5, 0.6) is 11.5 Å². The number of carbonyl (C=O) groups is 4. The minimum absolute atomic E-state index is 0. The summed E-state index contributed by atoms with van der Waals surface area (Å²) < 4.78 is 31.9. The Morgan fingerprint density at radius 3 is 1.42 bits per heavy atom. The summed E-state index contributed by atoms with van der Waals surface area (Å²) in [4.78, 5) is 51.7. The molecular weight excluding hydrogens is 973 g/mol. The quantitative estimate of drug-likeness (QED) is 0.0801. The molecule has 20 heteroatoms. The summed E-state index contributed by atoms with van der Waals surface area (Å²) in [5.41, 5.74) is 6.60.